The van der Waals surface area contributed by atoms with Crippen LogP contribution in [0.15, 0.2) is 52.9 Å². The van der Waals surface area contributed by atoms with Gasteiger partial charge in [-0.2, -0.15) is 0 Å². The molecule has 1 saturated carbocycles. The molecule has 5 aliphatic rings. The summed E-state index contributed by atoms with van der Waals surface area (Å²) in [5.41, 5.74) is 3.45. The van der Waals surface area contributed by atoms with Crippen LogP contribution in [-0.2, 0) is 31.2 Å². The number of aryl methyl sites for hydroxylation is 1. The number of rotatable bonds is 4. The van der Waals surface area contributed by atoms with E-state index in [1.54, 1.807) is 25.2 Å². The van der Waals surface area contributed by atoms with Gasteiger partial charge in [-0.05, 0) is 104 Å². The number of ether oxygens (including phenoxy) is 3. The number of amides is 3. The third-order valence-electron chi connectivity index (χ3n) is 11.7. The number of hydrogen-bond acceptors (Lipinski definition) is 7. The number of likely N-dealkylation sites (tertiary alicyclic amines) is 1. The van der Waals surface area contributed by atoms with Gasteiger partial charge in [-0.15, -0.1) is 4.36 Å². The molecular weight excluding hydrogens is 700 g/mol. The summed E-state index contributed by atoms with van der Waals surface area (Å²) in [6, 6.07) is 11.2. The van der Waals surface area contributed by atoms with Crippen LogP contribution in [0.5, 0.6) is 5.75 Å². The number of nitrogens with zero attached hydrogens (tertiary/aromatic N) is 3. The van der Waals surface area contributed by atoms with Crippen LogP contribution in [0.4, 0.5) is 10.5 Å². The van der Waals surface area contributed by atoms with Crippen molar-refractivity contribution in [2.75, 3.05) is 64.3 Å². The van der Waals surface area contributed by atoms with Crippen LogP contribution < -0.4 is 14.4 Å². The number of benzene rings is 2. The maximum Gasteiger partial charge on any atom is 0.329 e. The molecule has 52 heavy (non-hydrogen) atoms. The van der Waals surface area contributed by atoms with Crippen LogP contribution in [0.2, 0.25) is 5.02 Å². The number of fused-ring (bicyclic) bond motifs is 4. The minimum atomic E-state index is -3.48. The Morgan fingerprint density at radius 2 is 2.00 bits per heavy atom. The zero-order valence-electron chi connectivity index (χ0n) is 30.0. The molecule has 7 rings (SSSR count). The molecule has 2 aliphatic carbocycles. The number of anilines is 1. The van der Waals surface area contributed by atoms with E-state index < -0.39 is 21.9 Å². The molecule has 0 aromatic heterocycles. The van der Waals surface area contributed by atoms with Crippen molar-refractivity contribution in [2.24, 2.45) is 28.0 Å². The van der Waals surface area contributed by atoms with Gasteiger partial charge in [-0.25, -0.2) is 9.00 Å². The van der Waals surface area contributed by atoms with Crippen molar-refractivity contribution in [3.63, 3.8) is 0 Å². The summed E-state index contributed by atoms with van der Waals surface area (Å²) < 4.78 is 39.6. The van der Waals surface area contributed by atoms with E-state index in [0.29, 0.717) is 55.9 Å². The molecule has 284 valence electrons. The molecule has 1 unspecified atom stereocenters. The van der Waals surface area contributed by atoms with Gasteiger partial charge in [0.05, 0.1) is 30.8 Å². The number of carbonyl (C=O) groups is 2. The molecule has 2 bridgehead atoms. The molecule has 2 aromatic rings. The van der Waals surface area contributed by atoms with Gasteiger partial charge in [0.2, 0.25) is 0 Å². The van der Waals surface area contributed by atoms with Crippen molar-refractivity contribution in [2.45, 2.75) is 70.8 Å². The van der Waals surface area contributed by atoms with E-state index in [2.05, 4.69) is 38.3 Å². The predicted molar refractivity (Wildman–Crippen MR) is 207 cm³/mol. The molecule has 1 saturated heterocycles. The molecule has 2 aromatic carbocycles. The lowest BCUT2D eigenvalue weighted by Crippen LogP contribution is -2.49. The van der Waals surface area contributed by atoms with Crippen molar-refractivity contribution in [3.8, 4) is 5.75 Å². The van der Waals surface area contributed by atoms with Crippen molar-refractivity contribution in [1.82, 2.24) is 9.62 Å². The van der Waals surface area contributed by atoms with E-state index in [1.807, 2.05) is 25.1 Å². The van der Waals surface area contributed by atoms with E-state index in [4.69, 9.17) is 25.8 Å². The minimum absolute atomic E-state index is 0. The molecule has 3 amide bonds. The second-order valence-corrected chi connectivity index (χ2v) is 17.9. The Hall–Kier alpha value is -3.12. The first-order valence-electron chi connectivity index (χ1n) is 18.4. The smallest absolute Gasteiger partial charge is 0.329 e. The largest absolute Gasteiger partial charge is 0.490 e. The molecule has 1 spiro atoms. The lowest BCUT2D eigenvalue weighted by atomic mass is 9.68. The van der Waals surface area contributed by atoms with Crippen LogP contribution in [0.1, 0.15) is 74.4 Å². The quantitative estimate of drug-likeness (QED) is 0.327. The molecule has 2 fully saturated rings. The Kier molecular flexibility index (Phi) is 11.9. The van der Waals surface area contributed by atoms with Gasteiger partial charge in [0.25, 0.3) is 5.91 Å². The van der Waals surface area contributed by atoms with Gasteiger partial charge in [0.15, 0.2) is 0 Å². The van der Waals surface area contributed by atoms with Crippen molar-refractivity contribution in [1.29, 1.82) is 0 Å². The van der Waals surface area contributed by atoms with Gasteiger partial charge in [-0.1, -0.05) is 44.2 Å². The highest BCUT2D eigenvalue weighted by Gasteiger charge is 2.44. The van der Waals surface area contributed by atoms with Crippen molar-refractivity contribution in [3.05, 3.63) is 70.3 Å². The highest BCUT2D eigenvalue weighted by Crippen LogP contribution is 2.47. The number of allylic oxidation sites excluding steroid dienone is 1. The van der Waals surface area contributed by atoms with Gasteiger partial charge in [0.1, 0.15) is 15.7 Å². The Bertz CT molecular complexity index is 1790. The van der Waals surface area contributed by atoms with Gasteiger partial charge in [0, 0.05) is 62.3 Å². The maximum atomic E-state index is 14.6. The lowest BCUT2D eigenvalue weighted by Gasteiger charge is -2.46. The zero-order valence-corrected chi connectivity index (χ0v) is 31.6. The Morgan fingerprint density at radius 1 is 1.15 bits per heavy atom. The summed E-state index contributed by atoms with van der Waals surface area (Å²) in [6.45, 7) is 5.59. The van der Waals surface area contributed by atoms with E-state index in [0.717, 1.165) is 62.3 Å². The summed E-state index contributed by atoms with van der Waals surface area (Å²) in [5.74, 6) is 0.981. The normalized spacial score (nSPS) is 32.2. The first kappa shape index (κ1) is 38.6. The summed E-state index contributed by atoms with van der Waals surface area (Å²) >= 11 is 6.46. The molecule has 7 atom stereocenters. The number of urea groups is 1. The fourth-order valence-electron chi connectivity index (χ4n) is 8.96. The van der Waals surface area contributed by atoms with Gasteiger partial charge < -0.3 is 24.0 Å². The van der Waals surface area contributed by atoms with Gasteiger partial charge >= 0.3 is 6.03 Å². The molecule has 0 radical (unpaired) electrons. The molecule has 3 aliphatic heterocycles. The van der Waals surface area contributed by atoms with Crippen molar-refractivity contribution < 1.29 is 28.0 Å². The van der Waals surface area contributed by atoms with Crippen LogP contribution in [-0.4, -0.2) is 86.5 Å². The van der Waals surface area contributed by atoms with Gasteiger partial charge in [-0.3, -0.25) is 9.52 Å². The molecular formula is C40H55ClN4O6S. The highest BCUT2D eigenvalue weighted by atomic mass is 35.5. The number of nitrogens with one attached hydrogen (secondary N) is 1. The first-order chi connectivity index (χ1) is 24.6. The average Bonchev–Trinajstić information content (AvgIpc) is 3.50. The average molecular weight is 755 g/mol. The van der Waals surface area contributed by atoms with Crippen molar-refractivity contribution >= 4 is 39.1 Å². The molecule has 1 N–H and O–H groups in total. The van der Waals surface area contributed by atoms with E-state index >= 15 is 0 Å². The number of carbonyl (C=O) groups excluding carboxylic acids is 2. The zero-order chi connectivity index (χ0) is 35.8. The fraction of sp³-hybridized carbons (Fsp3) is 0.600. The summed E-state index contributed by atoms with van der Waals surface area (Å²) in [5, 5.41) is 0.745. The van der Waals surface area contributed by atoms with Crippen LogP contribution in [0.3, 0.4) is 0 Å². The van der Waals surface area contributed by atoms with E-state index in [1.165, 1.54) is 11.1 Å². The molecule has 3 heterocycles. The second-order valence-electron chi connectivity index (χ2n) is 15.4. The first-order valence-corrected chi connectivity index (χ1v) is 20.5. The number of halogens is 1. The second kappa shape index (κ2) is 16.1. The SMILES string of the molecule is C.COC[C@@H]1CCN(C(=O)NS2(=O)=NC(=O)c3ccc4c(c3)N(C[C@@H]3CC[C@H]3[C@@H](OC)/C=C/C[C@H](C)C2)C[C@@]2(CCCc3cc(Cl)ccc32)CO4)C1. The Balaban J connectivity index is 0.00000464. The van der Waals surface area contributed by atoms with E-state index in [9.17, 15) is 13.8 Å². The molecule has 12 heteroatoms. The summed E-state index contributed by atoms with van der Waals surface area (Å²) in [4.78, 5) is 31.5. The third-order valence-corrected chi connectivity index (χ3v) is 13.9. The highest BCUT2D eigenvalue weighted by molar-refractivity contribution is 7.92. The standard InChI is InChI=1S/C39H51ClN4O6S.CH4/c1-26-6-4-8-35(49-3)32-12-9-30(32)21-44-24-39(16-5-7-28-18-31(40)11-13-33(28)39)25-50-36-14-10-29(19-34(36)44)37(45)41-51(47,23-26)42-38(46)43-17-15-27(20-43)22-48-2;/h4,8,10-11,13-14,18-19,26-27,30,32,35H,5-7,9,12,15-17,20-25H2,1-3H3,(H,41,42,45,46,47);1H4/b8-4+;/t26-,27+,30-,32+,35-,39-,51?;/m0./s1. The monoisotopic (exact) mass is 754 g/mol. The lowest BCUT2D eigenvalue weighted by molar-refractivity contribution is 0.0131. The van der Waals surface area contributed by atoms with Crippen LogP contribution in [0, 0.1) is 23.7 Å². The Morgan fingerprint density at radius 3 is 2.77 bits per heavy atom. The fourth-order valence-corrected chi connectivity index (χ4v) is 11.0. The summed E-state index contributed by atoms with van der Waals surface area (Å²) in [6.07, 6.45) is 10.8. The predicted octanol–water partition coefficient (Wildman–Crippen LogP) is 7.29. The maximum absolute atomic E-state index is 14.6. The van der Waals surface area contributed by atoms with Crippen LogP contribution in [0.25, 0.3) is 0 Å². The Labute approximate surface area is 314 Å². The van der Waals surface area contributed by atoms with E-state index in [-0.39, 0.29) is 36.5 Å². The third kappa shape index (κ3) is 8.03. The number of hydrogen-bond donors (Lipinski definition) is 1. The number of methoxy groups -OCH3 is 2. The molecule has 10 nitrogen and oxygen atoms in total. The minimum Gasteiger partial charge on any atom is -0.490 e. The topological polar surface area (TPSA) is 110 Å². The van der Waals surface area contributed by atoms with Crippen LogP contribution >= 0.6 is 11.6 Å². The summed E-state index contributed by atoms with van der Waals surface area (Å²) in [7, 11) is -0.0565.